The third-order valence-corrected chi connectivity index (χ3v) is 2.05. The van der Waals surface area contributed by atoms with Crippen LogP contribution in [0.2, 0.25) is 0 Å². The number of hydrogen-bond donors (Lipinski definition) is 0. The van der Waals surface area contributed by atoms with Gasteiger partial charge in [-0.15, -0.1) is 0 Å². The second-order valence-corrected chi connectivity index (χ2v) is 3.47. The fourth-order valence-corrected chi connectivity index (χ4v) is 1.27. The van der Waals surface area contributed by atoms with E-state index in [0.29, 0.717) is 5.57 Å². The van der Waals surface area contributed by atoms with E-state index in [1.54, 1.807) is 6.92 Å². The quantitative estimate of drug-likeness (QED) is 0.516. The summed E-state index contributed by atoms with van der Waals surface area (Å²) in [5, 5.41) is 0. The number of esters is 1. The lowest BCUT2D eigenvalue weighted by atomic mass is 9.93. The van der Waals surface area contributed by atoms with Gasteiger partial charge in [0.1, 0.15) is 5.60 Å². The fourth-order valence-electron chi connectivity index (χ4n) is 1.27. The van der Waals surface area contributed by atoms with Gasteiger partial charge in [0, 0.05) is 5.57 Å². The summed E-state index contributed by atoms with van der Waals surface area (Å²) in [6.07, 6.45) is 3.85. The zero-order valence-electron chi connectivity index (χ0n) is 7.97. The van der Waals surface area contributed by atoms with E-state index in [1.807, 2.05) is 32.9 Å². The molecular formula is C10H14O2. The molecule has 0 atom stereocenters. The van der Waals surface area contributed by atoms with Crippen LogP contribution in [0.3, 0.4) is 0 Å². The highest BCUT2D eigenvalue weighted by atomic mass is 16.6. The summed E-state index contributed by atoms with van der Waals surface area (Å²) in [7, 11) is 0. The lowest BCUT2D eigenvalue weighted by molar-refractivity contribution is -0.149. The van der Waals surface area contributed by atoms with E-state index in [-0.39, 0.29) is 5.97 Å². The minimum atomic E-state index is -0.467. The van der Waals surface area contributed by atoms with Gasteiger partial charge >= 0.3 is 5.97 Å². The van der Waals surface area contributed by atoms with Gasteiger partial charge in [-0.25, -0.2) is 4.79 Å². The van der Waals surface area contributed by atoms with Gasteiger partial charge in [-0.1, -0.05) is 6.08 Å². The molecule has 1 aliphatic heterocycles. The summed E-state index contributed by atoms with van der Waals surface area (Å²) in [5.41, 5.74) is 1.26. The Labute approximate surface area is 72.9 Å². The molecule has 0 aliphatic carbocycles. The van der Waals surface area contributed by atoms with Gasteiger partial charge in [0.05, 0.1) is 0 Å². The third kappa shape index (κ3) is 1.42. The molecule has 12 heavy (non-hydrogen) atoms. The summed E-state index contributed by atoms with van der Waals surface area (Å²) < 4.78 is 5.21. The first-order valence-electron chi connectivity index (χ1n) is 4.06. The molecule has 0 radical (unpaired) electrons. The van der Waals surface area contributed by atoms with Crippen LogP contribution in [0.1, 0.15) is 27.7 Å². The Hall–Kier alpha value is -1.05. The van der Waals surface area contributed by atoms with Crippen molar-refractivity contribution in [1.82, 2.24) is 0 Å². The van der Waals surface area contributed by atoms with Crippen LogP contribution in [-0.4, -0.2) is 11.6 Å². The van der Waals surface area contributed by atoms with E-state index in [9.17, 15) is 4.79 Å². The van der Waals surface area contributed by atoms with Gasteiger partial charge in [0.15, 0.2) is 0 Å². The molecule has 0 N–H and O–H groups in total. The van der Waals surface area contributed by atoms with Crippen molar-refractivity contribution >= 4 is 5.97 Å². The van der Waals surface area contributed by atoms with Crippen LogP contribution in [0.25, 0.3) is 0 Å². The van der Waals surface area contributed by atoms with Crippen molar-refractivity contribution in [3.63, 3.8) is 0 Å². The van der Waals surface area contributed by atoms with Gasteiger partial charge in [-0.05, 0) is 39.3 Å². The smallest absolute Gasteiger partial charge is 0.334 e. The largest absolute Gasteiger partial charge is 0.451 e. The summed E-state index contributed by atoms with van der Waals surface area (Å²) >= 11 is 0. The maximum atomic E-state index is 11.2. The normalized spacial score (nSPS) is 25.2. The molecule has 0 bridgehead atoms. The first-order valence-corrected chi connectivity index (χ1v) is 4.06. The highest BCUT2D eigenvalue weighted by Crippen LogP contribution is 2.28. The SMILES string of the molecule is C/C=C1/C=C(C)C(=O)OC1(C)C. The molecule has 0 aromatic carbocycles. The maximum absolute atomic E-state index is 11.2. The molecule has 1 aliphatic rings. The molecule has 0 amide bonds. The van der Waals surface area contributed by atoms with Crippen molar-refractivity contribution in [2.24, 2.45) is 0 Å². The third-order valence-electron chi connectivity index (χ3n) is 2.05. The first kappa shape index (κ1) is 9.04. The summed E-state index contributed by atoms with van der Waals surface area (Å²) in [4.78, 5) is 11.2. The van der Waals surface area contributed by atoms with Crippen molar-refractivity contribution in [1.29, 1.82) is 0 Å². The van der Waals surface area contributed by atoms with Crippen molar-refractivity contribution in [2.75, 3.05) is 0 Å². The van der Waals surface area contributed by atoms with Crippen LogP contribution in [0.4, 0.5) is 0 Å². The predicted molar refractivity (Wildman–Crippen MR) is 47.7 cm³/mol. The standard InChI is InChI=1S/C10H14O2/c1-5-8-6-7(2)9(11)12-10(8,3)4/h5-6H,1-4H3/b8-5-. The van der Waals surface area contributed by atoms with Gasteiger partial charge in [-0.2, -0.15) is 0 Å². The fraction of sp³-hybridized carbons (Fsp3) is 0.500. The molecule has 0 aromatic heterocycles. The Morgan fingerprint density at radius 2 is 2.08 bits per heavy atom. The summed E-state index contributed by atoms with van der Waals surface area (Å²) in [5.74, 6) is -0.217. The number of carbonyl (C=O) groups is 1. The highest BCUT2D eigenvalue weighted by molar-refractivity contribution is 5.90. The van der Waals surface area contributed by atoms with E-state index >= 15 is 0 Å². The number of rotatable bonds is 0. The summed E-state index contributed by atoms with van der Waals surface area (Å²) in [6.45, 7) is 7.49. The molecule has 2 heteroatoms. The molecule has 0 fully saturated rings. The van der Waals surface area contributed by atoms with Gasteiger partial charge in [0.2, 0.25) is 0 Å². The van der Waals surface area contributed by atoms with Gasteiger partial charge in [-0.3, -0.25) is 0 Å². The highest BCUT2D eigenvalue weighted by Gasteiger charge is 2.30. The van der Waals surface area contributed by atoms with E-state index in [2.05, 4.69) is 0 Å². The Morgan fingerprint density at radius 1 is 1.50 bits per heavy atom. The lowest BCUT2D eigenvalue weighted by Gasteiger charge is -2.30. The van der Waals surface area contributed by atoms with Crippen molar-refractivity contribution in [3.05, 3.63) is 23.3 Å². The number of hydrogen-bond acceptors (Lipinski definition) is 2. The monoisotopic (exact) mass is 166 g/mol. The molecule has 0 saturated carbocycles. The number of allylic oxidation sites excluding steroid dienone is 1. The molecule has 0 aromatic rings. The Morgan fingerprint density at radius 3 is 2.58 bits per heavy atom. The maximum Gasteiger partial charge on any atom is 0.334 e. The van der Waals surface area contributed by atoms with Crippen molar-refractivity contribution < 1.29 is 9.53 Å². The van der Waals surface area contributed by atoms with Crippen LogP contribution in [0.5, 0.6) is 0 Å². The minimum Gasteiger partial charge on any atom is -0.451 e. The van der Waals surface area contributed by atoms with E-state index in [1.165, 1.54) is 0 Å². The molecule has 1 heterocycles. The molecule has 66 valence electrons. The lowest BCUT2D eigenvalue weighted by Crippen LogP contribution is -2.33. The van der Waals surface area contributed by atoms with Crippen molar-refractivity contribution in [3.8, 4) is 0 Å². The minimum absolute atomic E-state index is 0.217. The number of ether oxygens (including phenoxy) is 1. The average Bonchev–Trinajstić information content (AvgIpc) is 1.96. The van der Waals surface area contributed by atoms with Crippen LogP contribution in [0.15, 0.2) is 23.3 Å². The second kappa shape index (κ2) is 2.77. The Bertz CT molecular complexity index is 270. The Kier molecular flexibility index (Phi) is 2.09. The van der Waals surface area contributed by atoms with Crippen LogP contribution < -0.4 is 0 Å². The zero-order chi connectivity index (χ0) is 9.35. The van der Waals surface area contributed by atoms with Crippen LogP contribution in [-0.2, 0) is 9.53 Å². The summed E-state index contributed by atoms with van der Waals surface area (Å²) in [6, 6.07) is 0. The first-order chi connectivity index (χ1) is 5.47. The van der Waals surface area contributed by atoms with E-state index in [4.69, 9.17) is 4.74 Å². The molecule has 0 spiro atoms. The molecule has 1 rings (SSSR count). The van der Waals surface area contributed by atoms with Crippen LogP contribution >= 0.6 is 0 Å². The second-order valence-electron chi connectivity index (χ2n) is 3.47. The topological polar surface area (TPSA) is 26.3 Å². The molecule has 0 saturated heterocycles. The Balaban J connectivity index is 3.11. The number of cyclic esters (lactones) is 1. The predicted octanol–water partition coefficient (Wildman–Crippen LogP) is 2.21. The molecular weight excluding hydrogens is 152 g/mol. The van der Waals surface area contributed by atoms with E-state index in [0.717, 1.165) is 5.57 Å². The van der Waals surface area contributed by atoms with Crippen LogP contribution in [0, 0.1) is 0 Å². The zero-order valence-corrected chi connectivity index (χ0v) is 7.97. The number of carbonyl (C=O) groups excluding carboxylic acids is 1. The van der Waals surface area contributed by atoms with Gasteiger partial charge < -0.3 is 4.74 Å². The van der Waals surface area contributed by atoms with Crippen molar-refractivity contribution in [2.45, 2.75) is 33.3 Å². The average molecular weight is 166 g/mol. The van der Waals surface area contributed by atoms with Gasteiger partial charge in [0.25, 0.3) is 0 Å². The van der Waals surface area contributed by atoms with E-state index < -0.39 is 5.60 Å². The molecule has 0 unspecified atom stereocenters. The molecule has 2 nitrogen and oxygen atoms in total.